The van der Waals surface area contributed by atoms with Crippen LogP contribution in [0.2, 0.25) is 0 Å². The highest BCUT2D eigenvalue weighted by molar-refractivity contribution is 7.17. The van der Waals surface area contributed by atoms with Crippen LogP contribution in [0.15, 0.2) is 42.5 Å². The Balaban J connectivity index is 1.68. The predicted molar refractivity (Wildman–Crippen MR) is 108 cm³/mol. The molecule has 0 aliphatic carbocycles. The molecule has 3 aromatic rings. The van der Waals surface area contributed by atoms with Gasteiger partial charge in [-0.15, -0.1) is 11.3 Å². The molecule has 2 heterocycles. The minimum atomic E-state index is -0.397. The van der Waals surface area contributed by atoms with E-state index in [2.05, 4.69) is 10.2 Å². The summed E-state index contributed by atoms with van der Waals surface area (Å²) >= 11 is 1.46. The second-order valence-electron chi connectivity index (χ2n) is 6.70. The normalized spacial score (nSPS) is 14.0. The van der Waals surface area contributed by atoms with Gasteiger partial charge in [0.1, 0.15) is 5.00 Å². The van der Waals surface area contributed by atoms with Crippen molar-refractivity contribution in [3.05, 3.63) is 64.0 Å². The maximum atomic E-state index is 12.8. The van der Waals surface area contributed by atoms with E-state index < -0.39 is 5.97 Å². The Hall–Kier alpha value is -2.70. The molecule has 0 saturated carbocycles. The average molecular weight is 380 g/mol. The molecule has 4 rings (SSSR count). The molecule has 0 bridgehead atoms. The first-order valence-corrected chi connectivity index (χ1v) is 9.60. The lowest BCUT2D eigenvalue weighted by Gasteiger charge is -2.22. The largest absolute Gasteiger partial charge is 0.465 e. The van der Waals surface area contributed by atoms with Gasteiger partial charge in [0, 0.05) is 23.5 Å². The number of amides is 1. The number of esters is 1. The average Bonchev–Trinajstić information content (AvgIpc) is 3.03. The van der Waals surface area contributed by atoms with Crippen molar-refractivity contribution in [1.82, 2.24) is 4.90 Å². The molecule has 0 spiro atoms. The third kappa shape index (κ3) is 3.34. The second-order valence-corrected chi connectivity index (χ2v) is 7.81. The minimum Gasteiger partial charge on any atom is -0.465 e. The van der Waals surface area contributed by atoms with Crippen LogP contribution in [-0.4, -0.2) is 37.5 Å². The number of hydrogen-bond acceptors (Lipinski definition) is 5. The number of methoxy groups -OCH3 is 1. The van der Waals surface area contributed by atoms with Crippen LogP contribution in [0.3, 0.4) is 0 Å². The van der Waals surface area contributed by atoms with Crippen LogP contribution in [0.4, 0.5) is 5.00 Å². The van der Waals surface area contributed by atoms with Gasteiger partial charge in [0.25, 0.3) is 5.91 Å². The summed E-state index contributed by atoms with van der Waals surface area (Å²) in [6.45, 7) is 1.65. The number of hydrogen-bond donors (Lipinski definition) is 1. The molecule has 1 amide bonds. The number of anilines is 1. The molecular weight excluding hydrogens is 360 g/mol. The zero-order valence-corrected chi connectivity index (χ0v) is 16.1. The molecule has 6 heteroatoms. The van der Waals surface area contributed by atoms with Crippen molar-refractivity contribution in [1.29, 1.82) is 0 Å². The lowest BCUT2D eigenvalue weighted by Crippen LogP contribution is -2.26. The van der Waals surface area contributed by atoms with Crippen molar-refractivity contribution in [2.24, 2.45) is 0 Å². The van der Waals surface area contributed by atoms with E-state index in [-0.39, 0.29) is 5.91 Å². The van der Waals surface area contributed by atoms with Crippen LogP contribution in [0.1, 0.15) is 31.2 Å². The Labute approximate surface area is 161 Å². The molecule has 1 aliphatic rings. The van der Waals surface area contributed by atoms with E-state index in [0.717, 1.165) is 40.7 Å². The molecular formula is C21H20N2O3S. The van der Waals surface area contributed by atoms with Crippen LogP contribution in [0.25, 0.3) is 10.8 Å². The monoisotopic (exact) mass is 380 g/mol. The number of thiophene rings is 1. The topological polar surface area (TPSA) is 58.6 Å². The summed E-state index contributed by atoms with van der Waals surface area (Å²) in [7, 11) is 3.42. The minimum absolute atomic E-state index is 0.224. The first-order valence-electron chi connectivity index (χ1n) is 8.78. The van der Waals surface area contributed by atoms with E-state index in [1.54, 1.807) is 6.07 Å². The highest BCUT2D eigenvalue weighted by Gasteiger charge is 2.28. The van der Waals surface area contributed by atoms with E-state index in [4.69, 9.17) is 4.74 Å². The summed E-state index contributed by atoms with van der Waals surface area (Å²) in [4.78, 5) is 28.5. The van der Waals surface area contributed by atoms with Crippen molar-refractivity contribution < 1.29 is 14.3 Å². The number of benzene rings is 2. The first-order chi connectivity index (χ1) is 13.1. The van der Waals surface area contributed by atoms with Crippen molar-refractivity contribution >= 4 is 39.0 Å². The van der Waals surface area contributed by atoms with E-state index in [1.165, 1.54) is 18.4 Å². The quantitative estimate of drug-likeness (QED) is 0.700. The zero-order chi connectivity index (χ0) is 19.0. The van der Waals surface area contributed by atoms with E-state index in [1.807, 2.05) is 43.4 Å². The summed E-state index contributed by atoms with van der Waals surface area (Å²) in [6.07, 6.45) is 0.776. The van der Waals surface area contributed by atoms with Gasteiger partial charge in [-0.1, -0.05) is 30.3 Å². The molecule has 5 nitrogen and oxygen atoms in total. The lowest BCUT2D eigenvalue weighted by atomic mass is 10.0. The predicted octanol–water partition coefficient (Wildman–Crippen LogP) is 3.93. The van der Waals surface area contributed by atoms with Crippen LogP contribution in [0, 0.1) is 0 Å². The van der Waals surface area contributed by atoms with Gasteiger partial charge in [-0.05, 0) is 41.9 Å². The highest BCUT2D eigenvalue weighted by atomic mass is 32.1. The number of carbonyl (C=O) groups excluding carboxylic acids is 2. The SMILES string of the molecule is COC(=O)c1c(NC(=O)c2ccc3ccccc3c2)sc2c1CCN(C)C2. The number of fused-ring (bicyclic) bond motifs is 2. The molecule has 0 atom stereocenters. The van der Waals surface area contributed by atoms with Gasteiger partial charge in [0.2, 0.25) is 0 Å². The van der Waals surface area contributed by atoms with Crippen molar-refractivity contribution in [3.8, 4) is 0 Å². The molecule has 0 saturated heterocycles. The fourth-order valence-corrected chi connectivity index (χ4v) is 4.75. The fourth-order valence-electron chi connectivity index (χ4n) is 3.44. The maximum absolute atomic E-state index is 12.8. The molecule has 1 N–H and O–H groups in total. The van der Waals surface area contributed by atoms with Crippen LogP contribution < -0.4 is 5.32 Å². The number of ether oxygens (including phenoxy) is 1. The van der Waals surface area contributed by atoms with Gasteiger partial charge < -0.3 is 15.0 Å². The van der Waals surface area contributed by atoms with E-state index in [0.29, 0.717) is 16.1 Å². The van der Waals surface area contributed by atoms with Gasteiger partial charge in [0.05, 0.1) is 12.7 Å². The first kappa shape index (κ1) is 17.7. The lowest BCUT2D eigenvalue weighted by molar-refractivity contribution is 0.0600. The highest BCUT2D eigenvalue weighted by Crippen LogP contribution is 2.37. The molecule has 27 heavy (non-hydrogen) atoms. The third-order valence-corrected chi connectivity index (χ3v) is 6.01. The van der Waals surface area contributed by atoms with Gasteiger partial charge in [-0.3, -0.25) is 4.79 Å². The third-order valence-electron chi connectivity index (χ3n) is 4.88. The van der Waals surface area contributed by atoms with Crippen molar-refractivity contribution in [2.75, 3.05) is 26.0 Å². The number of nitrogens with zero attached hydrogens (tertiary/aromatic N) is 1. The Morgan fingerprint density at radius 1 is 1.15 bits per heavy atom. The van der Waals surface area contributed by atoms with E-state index in [9.17, 15) is 9.59 Å². The molecule has 0 radical (unpaired) electrons. The fraction of sp³-hybridized carbons (Fsp3) is 0.238. The summed E-state index contributed by atoms with van der Waals surface area (Å²) in [5.74, 6) is -0.622. The number of nitrogens with one attached hydrogen (secondary N) is 1. The molecule has 138 valence electrons. The summed E-state index contributed by atoms with van der Waals surface area (Å²) in [6, 6.07) is 13.5. The molecule has 1 aliphatic heterocycles. The van der Waals surface area contributed by atoms with E-state index >= 15 is 0 Å². The smallest absolute Gasteiger partial charge is 0.341 e. The summed E-state index contributed by atoms with van der Waals surface area (Å²) < 4.78 is 4.98. The van der Waals surface area contributed by atoms with Crippen LogP contribution in [-0.2, 0) is 17.7 Å². The summed E-state index contributed by atoms with van der Waals surface area (Å²) in [5.41, 5.74) is 2.06. The Bertz CT molecular complexity index is 1040. The van der Waals surface area contributed by atoms with Gasteiger partial charge >= 0.3 is 5.97 Å². The number of carbonyl (C=O) groups is 2. The van der Waals surface area contributed by atoms with Crippen molar-refractivity contribution in [2.45, 2.75) is 13.0 Å². The van der Waals surface area contributed by atoms with Crippen molar-refractivity contribution in [3.63, 3.8) is 0 Å². The maximum Gasteiger partial charge on any atom is 0.341 e. The van der Waals surface area contributed by atoms with Gasteiger partial charge in [0.15, 0.2) is 0 Å². The van der Waals surface area contributed by atoms with Crippen LogP contribution in [0.5, 0.6) is 0 Å². The number of rotatable bonds is 3. The molecule has 1 aromatic heterocycles. The van der Waals surface area contributed by atoms with Crippen LogP contribution >= 0.6 is 11.3 Å². The molecule has 0 fully saturated rings. The zero-order valence-electron chi connectivity index (χ0n) is 15.2. The molecule has 0 unspecified atom stereocenters. The number of likely N-dealkylation sites (N-methyl/N-ethyl adjacent to an activating group) is 1. The Morgan fingerprint density at radius 3 is 2.70 bits per heavy atom. The molecule has 2 aromatic carbocycles. The van der Waals surface area contributed by atoms with Gasteiger partial charge in [-0.25, -0.2) is 4.79 Å². The summed E-state index contributed by atoms with van der Waals surface area (Å²) in [5, 5.41) is 5.60. The standard InChI is InChI=1S/C21H20N2O3S/c1-23-10-9-16-17(12-23)27-20(18(16)21(25)26-2)22-19(24)15-8-7-13-5-3-4-6-14(13)11-15/h3-8,11H,9-10,12H2,1-2H3,(H,22,24). The van der Waals surface area contributed by atoms with Gasteiger partial charge in [-0.2, -0.15) is 0 Å². The Morgan fingerprint density at radius 2 is 1.93 bits per heavy atom. The Kier molecular flexibility index (Phi) is 4.68. The second kappa shape index (κ2) is 7.13.